The minimum absolute atomic E-state index is 0.878. The van der Waals surface area contributed by atoms with Crippen LogP contribution < -0.4 is 0 Å². The Labute approximate surface area is 246 Å². The summed E-state index contributed by atoms with van der Waals surface area (Å²) in [5, 5.41) is 7.48. The molecule has 0 saturated carbocycles. The maximum absolute atomic E-state index is 6.40. The summed E-state index contributed by atoms with van der Waals surface area (Å²) in [7, 11) is 0. The van der Waals surface area contributed by atoms with Crippen molar-refractivity contribution in [3.8, 4) is 22.5 Å². The van der Waals surface area contributed by atoms with E-state index >= 15 is 0 Å². The van der Waals surface area contributed by atoms with Gasteiger partial charge in [-0.1, -0.05) is 97.1 Å². The Balaban J connectivity index is 1.33. The third-order valence-electron chi connectivity index (χ3n) is 9.10. The summed E-state index contributed by atoms with van der Waals surface area (Å²) < 4.78 is 11.2. The van der Waals surface area contributed by atoms with Crippen molar-refractivity contribution in [1.29, 1.82) is 0 Å². The quantitative estimate of drug-likeness (QED) is 0.156. The third kappa shape index (κ3) is 3.03. The van der Waals surface area contributed by atoms with E-state index in [9.17, 15) is 0 Å². The third-order valence-corrected chi connectivity index (χ3v) is 9.10. The summed E-state index contributed by atoms with van der Waals surface area (Å²) in [6, 6.07) is 52.3. The smallest absolute Gasteiger partial charge is 0.152 e. The zero-order valence-corrected chi connectivity index (χ0v) is 23.2. The Morgan fingerprint density at radius 2 is 1.09 bits per heavy atom. The van der Waals surface area contributed by atoms with E-state index in [-0.39, 0.29) is 0 Å². The van der Waals surface area contributed by atoms with Gasteiger partial charge >= 0.3 is 0 Å². The van der Waals surface area contributed by atoms with Gasteiger partial charge in [-0.05, 0) is 70.4 Å². The van der Waals surface area contributed by atoms with E-state index in [1.807, 2.05) is 6.07 Å². The molecule has 0 saturated heterocycles. The van der Waals surface area contributed by atoms with Crippen LogP contribution in [0.4, 0.5) is 0 Å². The van der Waals surface area contributed by atoms with Gasteiger partial charge in [0.1, 0.15) is 0 Å². The van der Waals surface area contributed by atoms with E-state index in [0.29, 0.717) is 0 Å². The van der Waals surface area contributed by atoms with E-state index < -0.39 is 0 Å². The molecule has 0 N–H and O–H groups in total. The van der Waals surface area contributed by atoms with Crippen molar-refractivity contribution in [2.45, 2.75) is 0 Å². The second-order valence-corrected chi connectivity index (χ2v) is 11.3. The van der Waals surface area contributed by atoms with Crippen LogP contribution in [0.25, 0.3) is 88.1 Å². The van der Waals surface area contributed by atoms with Crippen LogP contribution in [0.5, 0.6) is 0 Å². The highest BCUT2D eigenvalue weighted by Crippen LogP contribution is 2.44. The van der Waals surface area contributed by atoms with E-state index in [0.717, 1.165) is 22.4 Å². The van der Waals surface area contributed by atoms with Crippen molar-refractivity contribution in [1.82, 2.24) is 9.13 Å². The van der Waals surface area contributed by atoms with Gasteiger partial charge in [0, 0.05) is 27.2 Å². The van der Waals surface area contributed by atoms with Gasteiger partial charge in [0.25, 0.3) is 0 Å². The summed E-state index contributed by atoms with van der Waals surface area (Å²) in [6.45, 7) is 0. The van der Waals surface area contributed by atoms with Crippen LogP contribution in [0.1, 0.15) is 0 Å². The molecule has 43 heavy (non-hydrogen) atoms. The van der Waals surface area contributed by atoms with Gasteiger partial charge in [-0.25, -0.2) is 0 Å². The predicted octanol–water partition coefficient (Wildman–Crippen LogP) is 10.9. The molecule has 0 amide bonds. The molecule has 0 radical (unpaired) electrons. The second kappa shape index (κ2) is 8.37. The molecule has 0 unspecified atom stereocenters. The molecule has 2 aliphatic rings. The van der Waals surface area contributed by atoms with Crippen molar-refractivity contribution in [3.63, 3.8) is 0 Å². The Bertz CT molecular complexity index is 2670. The molecule has 10 rings (SSSR count). The van der Waals surface area contributed by atoms with Gasteiger partial charge in [-0.2, -0.15) is 0 Å². The summed E-state index contributed by atoms with van der Waals surface area (Å²) in [6.07, 6.45) is 0. The summed E-state index contributed by atoms with van der Waals surface area (Å²) in [5.41, 5.74) is 11.2. The minimum Gasteiger partial charge on any atom is -0.453 e. The zero-order valence-electron chi connectivity index (χ0n) is 23.2. The molecule has 0 spiro atoms. The largest absolute Gasteiger partial charge is 0.453 e. The number of rotatable bonds is 2. The zero-order chi connectivity index (χ0) is 28.1. The summed E-state index contributed by atoms with van der Waals surface area (Å²) in [4.78, 5) is 0. The summed E-state index contributed by atoms with van der Waals surface area (Å²) in [5.74, 6) is 0. The molecular weight excluding hydrogens is 524 g/mol. The van der Waals surface area contributed by atoms with Gasteiger partial charge in [-0.15, -0.1) is 0 Å². The molecule has 200 valence electrons. The number of aromatic nitrogens is 2. The van der Waals surface area contributed by atoms with Crippen LogP contribution in [0.15, 0.2) is 150 Å². The number of pyridine rings is 1. The van der Waals surface area contributed by atoms with Gasteiger partial charge in [0.15, 0.2) is 11.2 Å². The maximum Gasteiger partial charge on any atom is 0.152 e. The molecule has 1 aromatic heterocycles. The molecule has 0 bridgehead atoms. The van der Waals surface area contributed by atoms with E-state index in [1.54, 1.807) is 0 Å². The van der Waals surface area contributed by atoms with Crippen LogP contribution >= 0.6 is 0 Å². The first-order valence-electron chi connectivity index (χ1n) is 14.7. The van der Waals surface area contributed by atoms with Gasteiger partial charge in [0.05, 0.1) is 27.8 Å². The molecule has 7 aromatic carbocycles. The molecule has 3 heteroatoms. The maximum atomic E-state index is 6.40. The second-order valence-electron chi connectivity index (χ2n) is 11.3. The van der Waals surface area contributed by atoms with Crippen molar-refractivity contribution in [2.24, 2.45) is 0 Å². The van der Waals surface area contributed by atoms with Crippen LogP contribution in [0.2, 0.25) is 0 Å². The average Bonchev–Trinajstić information content (AvgIpc) is 3.40. The number of para-hydroxylation sites is 5. The standard InChI is InChI=1S/C40H24N2O/c1-2-10-26(11-3-1)41-33-16-5-4-12-28(33)29-21-20-25(24-36(29)41)27-22-23-35-39-30(27)13-8-14-31(39)32-15-9-19-38-40(32)42(35)34-17-6-7-18-37(34)43-38/h1-24H. The van der Waals surface area contributed by atoms with E-state index in [2.05, 4.69) is 149 Å². The molecule has 0 fully saturated rings. The fraction of sp³-hybridized carbons (Fsp3) is 0. The fourth-order valence-electron chi connectivity index (χ4n) is 7.31. The fourth-order valence-corrected chi connectivity index (χ4v) is 7.31. The van der Waals surface area contributed by atoms with Crippen molar-refractivity contribution in [2.75, 3.05) is 0 Å². The lowest BCUT2D eigenvalue weighted by molar-refractivity contribution is 0.648. The van der Waals surface area contributed by atoms with Crippen LogP contribution in [-0.4, -0.2) is 9.13 Å². The molecule has 3 heterocycles. The number of hydrogen-bond acceptors (Lipinski definition) is 1. The molecule has 0 atom stereocenters. The number of benzene rings is 7. The van der Waals surface area contributed by atoms with Gasteiger partial charge in [-0.3, -0.25) is 0 Å². The normalized spacial score (nSPS) is 12.2. The Morgan fingerprint density at radius 1 is 0.395 bits per heavy atom. The van der Waals surface area contributed by atoms with Crippen molar-refractivity contribution >= 4 is 65.6 Å². The molecule has 3 nitrogen and oxygen atoms in total. The average molecular weight is 549 g/mol. The Hall–Kier alpha value is -5.80. The minimum atomic E-state index is 0.878. The molecular formula is C40H24N2O. The lowest BCUT2D eigenvalue weighted by Crippen LogP contribution is -2.05. The Morgan fingerprint density at radius 3 is 2.02 bits per heavy atom. The monoisotopic (exact) mass is 548 g/mol. The van der Waals surface area contributed by atoms with Gasteiger partial charge < -0.3 is 13.6 Å². The van der Waals surface area contributed by atoms with Crippen molar-refractivity contribution < 1.29 is 4.42 Å². The van der Waals surface area contributed by atoms with Gasteiger partial charge in [0.2, 0.25) is 0 Å². The lowest BCUT2D eigenvalue weighted by Gasteiger charge is -2.23. The SMILES string of the molecule is c1ccc(-n2c3ccccc3c3ccc(-c4ccc5c6c4cccc6c4cccc6oc7ccccc7n5-c64)cc32)cc1. The van der Waals surface area contributed by atoms with E-state index in [4.69, 9.17) is 4.42 Å². The van der Waals surface area contributed by atoms with Crippen molar-refractivity contribution in [3.05, 3.63) is 146 Å². The first kappa shape index (κ1) is 22.8. The van der Waals surface area contributed by atoms with E-state index in [1.165, 1.54) is 65.7 Å². The first-order valence-corrected chi connectivity index (χ1v) is 14.7. The first-order chi connectivity index (χ1) is 21.3. The highest BCUT2D eigenvalue weighted by molar-refractivity contribution is 6.23. The number of nitrogens with zero attached hydrogens (tertiary/aromatic N) is 2. The van der Waals surface area contributed by atoms with Crippen LogP contribution in [-0.2, 0) is 0 Å². The Kier molecular flexibility index (Phi) is 4.45. The topological polar surface area (TPSA) is 23.0 Å². The highest BCUT2D eigenvalue weighted by Gasteiger charge is 2.22. The molecule has 8 aromatic rings. The predicted molar refractivity (Wildman–Crippen MR) is 179 cm³/mol. The highest BCUT2D eigenvalue weighted by atomic mass is 16.3. The number of hydrogen-bond donors (Lipinski definition) is 0. The van der Waals surface area contributed by atoms with Crippen LogP contribution in [0.3, 0.4) is 0 Å². The van der Waals surface area contributed by atoms with Crippen LogP contribution in [0, 0.1) is 0 Å². The molecule has 2 aliphatic heterocycles. The lowest BCUT2D eigenvalue weighted by atomic mass is 9.92. The summed E-state index contributed by atoms with van der Waals surface area (Å²) >= 11 is 0. The number of fused-ring (bicyclic) bond motifs is 7. The molecule has 0 aliphatic carbocycles.